The molecule has 3 aromatic rings. The van der Waals surface area contributed by atoms with Crippen molar-refractivity contribution >= 4 is 23.0 Å². The third-order valence-electron chi connectivity index (χ3n) is 5.65. The van der Waals surface area contributed by atoms with E-state index < -0.39 is 0 Å². The van der Waals surface area contributed by atoms with E-state index in [1.807, 2.05) is 47.4 Å². The highest BCUT2D eigenvalue weighted by Crippen LogP contribution is 2.38. The first kappa shape index (κ1) is 19.6. The van der Waals surface area contributed by atoms with Gasteiger partial charge in [-0.25, -0.2) is 0 Å². The minimum absolute atomic E-state index is 0.0329. The first-order valence-corrected chi connectivity index (χ1v) is 11.1. The van der Waals surface area contributed by atoms with Crippen LogP contribution in [0.2, 0.25) is 0 Å². The first-order valence-electron chi connectivity index (χ1n) is 10.2. The zero-order valence-corrected chi connectivity index (χ0v) is 17.5. The number of Topliss-reactive ketones (excluding diaryl/α,β-unsaturated/α-hetero) is 1. The van der Waals surface area contributed by atoms with Gasteiger partial charge in [-0.2, -0.15) is 0 Å². The molecule has 1 amide bonds. The van der Waals surface area contributed by atoms with Crippen LogP contribution >= 0.6 is 11.3 Å². The van der Waals surface area contributed by atoms with Crippen molar-refractivity contribution in [3.8, 4) is 0 Å². The number of carbonyl (C=O) groups excluding carboxylic acids is 2. The predicted octanol–water partition coefficient (Wildman–Crippen LogP) is 5.45. The third kappa shape index (κ3) is 4.18. The van der Waals surface area contributed by atoms with Crippen LogP contribution in [0.4, 0.5) is 0 Å². The van der Waals surface area contributed by atoms with Gasteiger partial charge in [0, 0.05) is 29.8 Å². The minimum Gasteiger partial charge on any atom is -0.331 e. The van der Waals surface area contributed by atoms with Gasteiger partial charge in [-0.3, -0.25) is 9.59 Å². The van der Waals surface area contributed by atoms with E-state index in [-0.39, 0.29) is 30.6 Å². The molecule has 2 heterocycles. The van der Waals surface area contributed by atoms with Crippen molar-refractivity contribution in [2.24, 2.45) is 0 Å². The van der Waals surface area contributed by atoms with Crippen molar-refractivity contribution in [2.45, 2.75) is 38.6 Å². The van der Waals surface area contributed by atoms with E-state index in [0.717, 1.165) is 18.4 Å². The topological polar surface area (TPSA) is 37.4 Å². The summed E-state index contributed by atoms with van der Waals surface area (Å²) in [5.74, 6) is 0.0831. The van der Waals surface area contributed by atoms with E-state index in [0.29, 0.717) is 12.1 Å². The zero-order valence-electron chi connectivity index (χ0n) is 16.6. The molecule has 0 aliphatic carbocycles. The molecular weight excluding hydrogens is 378 g/mol. The lowest BCUT2D eigenvalue weighted by atomic mass is 9.92. The summed E-state index contributed by atoms with van der Waals surface area (Å²) in [7, 11) is 0. The summed E-state index contributed by atoms with van der Waals surface area (Å²) in [5, 5.41) is 2.11. The van der Waals surface area contributed by atoms with E-state index in [9.17, 15) is 9.59 Å². The molecule has 0 bridgehead atoms. The molecule has 1 aliphatic heterocycles. The lowest BCUT2D eigenvalue weighted by Gasteiger charge is -2.36. The van der Waals surface area contributed by atoms with E-state index in [4.69, 9.17) is 0 Å². The number of benzene rings is 2. The molecule has 0 saturated carbocycles. The highest BCUT2D eigenvalue weighted by molar-refractivity contribution is 7.10. The summed E-state index contributed by atoms with van der Waals surface area (Å²) >= 11 is 1.76. The molecule has 0 radical (unpaired) electrons. The Hall–Kier alpha value is -2.72. The van der Waals surface area contributed by atoms with Crippen molar-refractivity contribution in [2.75, 3.05) is 6.54 Å². The molecular formula is C25H25NO2S. The smallest absolute Gasteiger partial charge is 0.223 e. The summed E-state index contributed by atoms with van der Waals surface area (Å²) in [4.78, 5) is 29.0. The fraction of sp³-hybridized carbons (Fsp3) is 0.280. The van der Waals surface area contributed by atoms with Crippen LogP contribution in [0.1, 0.15) is 57.7 Å². The molecule has 1 aromatic heterocycles. The second-order valence-corrected chi connectivity index (χ2v) is 8.42. The number of nitrogens with zero attached hydrogens (tertiary/aromatic N) is 1. The SMILES string of the molecule is CCc1ccc(C(=O)CCC(=O)N2CCc3sccc3C2c2ccccc2)cc1. The Labute approximate surface area is 176 Å². The standard InChI is InChI=1S/C25H25NO2S/c1-2-18-8-10-19(11-9-18)22(27)12-13-24(28)26-16-14-23-21(15-17-29-23)25(26)20-6-4-3-5-7-20/h3-11,15,17,25H,2,12-14,16H2,1H3. The number of hydrogen-bond acceptors (Lipinski definition) is 3. The van der Waals surface area contributed by atoms with Gasteiger partial charge in [-0.05, 0) is 41.0 Å². The fourth-order valence-electron chi connectivity index (χ4n) is 4.01. The molecule has 148 valence electrons. The van der Waals surface area contributed by atoms with Gasteiger partial charge in [0.25, 0.3) is 0 Å². The van der Waals surface area contributed by atoms with E-state index >= 15 is 0 Å². The summed E-state index contributed by atoms with van der Waals surface area (Å²) in [6.45, 7) is 2.79. The number of carbonyl (C=O) groups is 2. The summed E-state index contributed by atoms with van der Waals surface area (Å²) in [6.07, 6.45) is 2.33. The predicted molar refractivity (Wildman–Crippen MR) is 117 cm³/mol. The molecule has 29 heavy (non-hydrogen) atoms. The Bertz CT molecular complexity index is 991. The second-order valence-electron chi connectivity index (χ2n) is 7.42. The van der Waals surface area contributed by atoms with Crippen LogP contribution in [0.15, 0.2) is 66.0 Å². The van der Waals surface area contributed by atoms with Crippen LogP contribution in [-0.4, -0.2) is 23.1 Å². The molecule has 4 heteroatoms. The van der Waals surface area contributed by atoms with Crippen LogP contribution in [0.5, 0.6) is 0 Å². The van der Waals surface area contributed by atoms with Crippen LogP contribution in [0.25, 0.3) is 0 Å². The van der Waals surface area contributed by atoms with Crippen molar-refractivity contribution in [1.82, 2.24) is 4.90 Å². The number of amides is 1. The summed E-state index contributed by atoms with van der Waals surface area (Å²) < 4.78 is 0. The van der Waals surface area contributed by atoms with Crippen molar-refractivity contribution < 1.29 is 9.59 Å². The third-order valence-corrected chi connectivity index (χ3v) is 6.65. The van der Waals surface area contributed by atoms with Gasteiger partial charge in [-0.15, -0.1) is 11.3 Å². The lowest BCUT2D eigenvalue weighted by Crippen LogP contribution is -2.40. The lowest BCUT2D eigenvalue weighted by molar-refractivity contribution is -0.133. The molecule has 4 rings (SSSR count). The maximum Gasteiger partial charge on any atom is 0.223 e. The number of ketones is 1. The Kier molecular flexibility index (Phi) is 5.91. The van der Waals surface area contributed by atoms with Gasteiger partial charge >= 0.3 is 0 Å². The monoisotopic (exact) mass is 403 g/mol. The fourth-order valence-corrected chi connectivity index (χ4v) is 4.92. The number of thiophene rings is 1. The summed E-state index contributed by atoms with van der Waals surface area (Å²) in [6, 6.07) is 20.0. The molecule has 0 N–H and O–H groups in total. The number of hydrogen-bond donors (Lipinski definition) is 0. The van der Waals surface area contributed by atoms with Crippen molar-refractivity contribution in [3.05, 3.63) is 93.2 Å². The molecule has 1 unspecified atom stereocenters. The van der Waals surface area contributed by atoms with Crippen LogP contribution < -0.4 is 0 Å². The molecule has 3 nitrogen and oxygen atoms in total. The Morgan fingerprint density at radius 3 is 2.48 bits per heavy atom. The molecule has 0 saturated heterocycles. The van der Waals surface area contributed by atoms with Gasteiger partial charge in [-0.1, -0.05) is 61.5 Å². The van der Waals surface area contributed by atoms with Crippen molar-refractivity contribution in [3.63, 3.8) is 0 Å². The van der Waals surface area contributed by atoms with Crippen molar-refractivity contribution in [1.29, 1.82) is 0 Å². The molecule has 1 atom stereocenters. The van der Waals surface area contributed by atoms with Crippen LogP contribution in [0.3, 0.4) is 0 Å². The molecule has 0 fully saturated rings. The molecule has 1 aliphatic rings. The minimum atomic E-state index is -0.0577. The Balaban J connectivity index is 1.49. The maximum absolute atomic E-state index is 13.1. The normalized spacial score (nSPS) is 15.8. The maximum atomic E-state index is 13.1. The van der Waals surface area contributed by atoms with Gasteiger partial charge < -0.3 is 4.90 Å². The zero-order chi connectivity index (χ0) is 20.2. The van der Waals surface area contributed by atoms with Gasteiger partial charge in [0.15, 0.2) is 5.78 Å². The van der Waals surface area contributed by atoms with Gasteiger partial charge in [0.2, 0.25) is 5.91 Å². The first-order chi connectivity index (χ1) is 14.2. The second kappa shape index (κ2) is 8.75. The van der Waals surface area contributed by atoms with Gasteiger partial charge in [0.05, 0.1) is 6.04 Å². The van der Waals surface area contributed by atoms with E-state index in [1.54, 1.807) is 11.3 Å². The van der Waals surface area contributed by atoms with E-state index in [1.165, 1.54) is 16.0 Å². The quantitative estimate of drug-likeness (QED) is 0.513. The largest absolute Gasteiger partial charge is 0.331 e. The Morgan fingerprint density at radius 2 is 1.76 bits per heavy atom. The van der Waals surface area contributed by atoms with Crippen LogP contribution in [0, 0.1) is 0 Å². The van der Waals surface area contributed by atoms with Gasteiger partial charge in [0.1, 0.15) is 0 Å². The number of fused-ring (bicyclic) bond motifs is 1. The van der Waals surface area contributed by atoms with E-state index in [2.05, 4.69) is 30.5 Å². The molecule has 2 aromatic carbocycles. The average Bonchev–Trinajstić information content (AvgIpc) is 3.26. The average molecular weight is 404 g/mol. The summed E-state index contributed by atoms with van der Waals surface area (Å²) in [5.41, 5.74) is 4.25. The van der Waals surface area contributed by atoms with Crippen LogP contribution in [-0.2, 0) is 17.6 Å². The highest BCUT2D eigenvalue weighted by atomic mass is 32.1. The Morgan fingerprint density at radius 1 is 1.00 bits per heavy atom. The highest BCUT2D eigenvalue weighted by Gasteiger charge is 2.32. The number of aryl methyl sites for hydroxylation is 1. The number of rotatable bonds is 6. The molecule has 0 spiro atoms.